The molecular formula is C33H38N4O7. The zero-order chi connectivity index (χ0) is 31.9. The van der Waals surface area contributed by atoms with Gasteiger partial charge in [0.05, 0.1) is 23.7 Å². The number of pyridine rings is 1. The Bertz CT molecular complexity index is 1530. The van der Waals surface area contributed by atoms with E-state index >= 15 is 0 Å². The number of aromatic nitrogens is 1. The van der Waals surface area contributed by atoms with Crippen LogP contribution >= 0.6 is 0 Å². The van der Waals surface area contributed by atoms with Gasteiger partial charge in [-0.2, -0.15) is 0 Å². The van der Waals surface area contributed by atoms with Crippen LogP contribution in [0.1, 0.15) is 57.9 Å². The van der Waals surface area contributed by atoms with Gasteiger partial charge in [-0.1, -0.05) is 61.5 Å². The summed E-state index contributed by atoms with van der Waals surface area (Å²) in [5.74, 6) is -1.78. The lowest BCUT2D eigenvalue weighted by Gasteiger charge is -2.23. The Hall–Kier alpha value is -4.80. The number of hydrogen-bond donors (Lipinski definition) is 2. The molecule has 1 aromatic heterocycles. The number of oxime groups is 1. The first-order valence-electron chi connectivity index (χ1n) is 14.5. The van der Waals surface area contributed by atoms with Crippen LogP contribution in [0, 0.1) is 5.92 Å². The van der Waals surface area contributed by atoms with Crippen LogP contribution in [0.25, 0.3) is 10.9 Å². The van der Waals surface area contributed by atoms with Gasteiger partial charge in [-0.15, -0.1) is 0 Å². The summed E-state index contributed by atoms with van der Waals surface area (Å²) < 4.78 is 10.9. The van der Waals surface area contributed by atoms with Crippen molar-refractivity contribution in [2.75, 3.05) is 6.61 Å². The van der Waals surface area contributed by atoms with Crippen LogP contribution in [-0.2, 0) is 24.0 Å². The third-order valence-electron chi connectivity index (χ3n) is 6.75. The number of Topliss-reactive ketones (excluding diaryl/α,β-unsaturated/α-hetero) is 1. The summed E-state index contributed by atoms with van der Waals surface area (Å²) in [6, 6.07) is 18.0. The Balaban J connectivity index is 1.40. The summed E-state index contributed by atoms with van der Waals surface area (Å²) >= 11 is 0. The molecule has 0 saturated heterocycles. The van der Waals surface area contributed by atoms with Crippen LogP contribution in [0.3, 0.4) is 0 Å². The SMILES string of the molecule is CC(C)[C@H](NC(=O)c1ccc2ccccc2n1)C1=NOC(C(=O)N[C@@H](CC(=O)OC(C)(C)C)C(=O)COc2ccccc2)C1. The number of ketones is 1. The molecule has 2 N–H and O–H groups in total. The van der Waals surface area contributed by atoms with Gasteiger partial charge in [-0.3, -0.25) is 19.2 Å². The molecule has 2 amide bonds. The summed E-state index contributed by atoms with van der Waals surface area (Å²) in [6.45, 7) is 8.60. The van der Waals surface area contributed by atoms with Crippen molar-refractivity contribution in [3.8, 4) is 5.75 Å². The lowest BCUT2D eigenvalue weighted by atomic mass is 9.95. The van der Waals surface area contributed by atoms with Gasteiger partial charge in [0.25, 0.3) is 11.8 Å². The van der Waals surface area contributed by atoms with E-state index in [9.17, 15) is 19.2 Å². The summed E-state index contributed by atoms with van der Waals surface area (Å²) in [5, 5.41) is 10.6. The molecule has 3 aromatic rings. The maximum absolute atomic E-state index is 13.3. The van der Waals surface area contributed by atoms with Gasteiger partial charge in [-0.05, 0) is 51.0 Å². The summed E-state index contributed by atoms with van der Waals surface area (Å²) in [4.78, 5) is 62.0. The maximum Gasteiger partial charge on any atom is 0.308 e. The van der Waals surface area contributed by atoms with Gasteiger partial charge in [0.2, 0.25) is 6.10 Å². The summed E-state index contributed by atoms with van der Waals surface area (Å²) in [7, 11) is 0. The summed E-state index contributed by atoms with van der Waals surface area (Å²) in [6.07, 6.45) is -1.37. The lowest BCUT2D eigenvalue weighted by Crippen LogP contribution is -2.49. The highest BCUT2D eigenvalue weighted by Gasteiger charge is 2.37. The highest BCUT2D eigenvalue weighted by molar-refractivity contribution is 6.02. The molecule has 2 aromatic carbocycles. The number of carbonyl (C=O) groups excluding carboxylic acids is 4. The molecule has 0 aliphatic carbocycles. The predicted molar refractivity (Wildman–Crippen MR) is 164 cm³/mol. The highest BCUT2D eigenvalue weighted by Crippen LogP contribution is 2.20. The molecule has 0 radical (unpaired) electrons. The van der Waals surface area contributed by atoms with E-state index in [1.54, 1.807) is 51.1 Å². The van der Waals surface area contributed by atoms with Crippen molar-refractivity contribution in [1.82, 2.24) is 15.6 Å². The van der Waals surface area contributed by atoms with Crippen molar-refractivity contribution >= 4 is 40.2 Å². The number of para-hydroxylation sites is 2. The van der Waals surface area contributed by atoms with E-state index in [4.69, 9.17) is 14.3 Å². The highest BCUT2D eigenvalue weighted by atomic mass is 16.6. The lowest BCUT2D eigenvalue weighted by molar-refractivity contribution is -0.156. The molecular weight excluding hydrogens is 564 g/mol. The monoisotopic (exact) mass is 602 g/mol. The van der Waals surface area contributed by atoms with E-state index in [-0.39, 0.29) is 37.0 Å². The Labute approximate surface area is 256 Å². The van der Waals surface area contributed by atoms with Crippen molar-refractivity contribution in [3.05, 3.63) is 72.4 Å². The van der Waals surface area contributed by atoms with E-state index in [0.717, 1.165) is 5.39 Å². The largest absolute Gasteiger partial charge is 0.486 e. The summed E-state index contributed by atoms with van der Waals surface area (Å²) in [5.41, 5.74) is 0.649. The Kier molecular flexibility index (Phi) is 10.3. The topological polar surface area (TPSA) is 145 Å². The third-order valence-corrected chi connectivity index (χ3v) is 6.75. The first-order chi connectivity index (χ1) is 20.9. The molecule has 0 fully saturated rings. The van der Waals surface area contributed by atoms with Gasteiger partial charge >= 0.3 is 5.97 Å². The minimum atomic E-state index is -1.21. The average molecular weight is 603 g/mol. The fourth-order valence-electron chi connectivity index (χ4n) is 4.59. The van der Waals surface area contributed by atoms with E-state index in [0.29, 0.717) is 17.0 Å². The molecule has 4 rings (SSSR count). The maximum atomic E-state index is 13.3. The van der Waals surface area contributed by atoms with Crippen molar-refractivity contribution in [2.45, 2.75) is 71.2 Å². The Morgan fingerprint density at radius 1 is 0.955 bits per heavy atom. The zero-order valence-electron chi connectivity index (χ0n) is 25.5. The number of nitrogens with zero attached hydrogens (tertiary/aromatic N) is 2. The van der Waals surface area contributed by atoms with Gasteiger partial charge < -0.3 is 24.9 Å². The van der Waals surface area contributed by atoms with Crippen molar-refractivity contribution in [3.63, 3.8) is 0 Å². The molecule has 232 valence electrons. The number of amides is 2. The van der Waals surface area contributed by atoms with E-state index in [2.05, 4.69) is 20.8 Å². The molecule has 0 saturated carbocycles. The molecule has 1 aliphatic rings. The molecule has 0 bridgehead atoms. The number of fused-ring (bicyclic) bond motifs is 1. The number of hydrogen-bond acceptors (Lipinski definition) is 9. The number of ether oxygens (including phenoxy) is 2. The fourth-order valence-corrected chi connectivity index (χ4v) is 4.59. The second kappa shape index (κ2) is 14.1. The number of nitrogens with one attached hydrogen (secondary N) is 2. The van der Waals surface area contributed by atoms with Crippen molar-refractivity contribution < 1.29 is 33.5 Å². The van der Waals surface area contributed by atoms with Crippen LogP contribution in [0.2, 0.25) is 0 Å². The zero-order valence-corrected chi connectivity index (χ0v) is 25.5. The first-order valence-corrected chi connectivity index (χ1v) is 14.5. The second-order valence-electron chi connectivity index (χ2n) is 11.9. The Morgan fingerprint density at radius 2 is 1.66 bits per heavy atom. The van der Waals surface area contributed by atoms with Crippen LogP contribution < -0.4 is 15.4 Å². The third kappa shape index (κ3) is 8.85. The molecule has 0 spiro atoms. The minimum Gasteiger partial charge on any atom is -0.486 e. The number of rotatable bonds is 12. The molecule has 44 heavy (non-hydrogen) atoms. The van der Waals surface area contributed by atoms with Gasteiger partial charge in [-0.25, -0.2) is 4.98 Å². The van der Waals surface area contributed by atoms with Crippen LogP contribution in [0.15, 0.2) is 71.9 Å². The van der Waals surface area contributed by atoms with Crippen LogP contribution in [0.5, 0.6) is 5.75 Å². The average Bonchev–Trinajstić information content (AvgIpc) is 3.47. The molecule has 2 heterocycles. The molecule has 11 nitrogen and oxygen atoms in total. The quantitative estimate of drug-likeness (QED) is 0.296. The standard InChI is InChI=1S/C33H38N4O7/c1-20(2)30(36-31(40)24-16-15-21-11-9-10-14-23(21)34-24)26-17-28(44-37-26)32(41)35-25(18-29(39)43-33(3,4)5)27(38)19-42-22-12-7-6-8-13-22/h6-16,20,25,28,30H,17-19H2,1-5H3,(H,35,41)(H,36,40)/t25-,28?,30-/m0/s1. The smallest absolute Gasteiger partial charge is 0.308 e. The van der Waals surface area contributed by atoms with Gasteiger partial charge in [0.1, 0.15) is 29.7 Å². The van der Waals surface area contributed by atoms with Gasteiger partial charge in [0.15, 0.2) is 5.78 Å². The molecule has 11 heteroatoms. The van der Waals surface area contributed by atoms with Crippen LogP contribution in [-0.4, -0.2) is 64.7 Å². The molecule has 3 atom stereocenters. The normalized spacial score (nSPS) is 16.0. The van der Waals surface area contributed by atoms with Crippen molar-refractivity contribution in [2.24, 2.45) is 11.1 Å². The van der Waals surface area contributed by atoms with Crippen LogP contribution in [0.4, 0.5) is 0 Å². The minimum absolute atomic E-state index is 0.0774. The first kappa shape index (κ1) is 32.1. The molecule has 1 aliphatic heterocycles. The number of esters is 1. The van der Waals surface area contributed by atoms with E-state index in [1.165, 1.54) is 0 Å². The Morgan fingerprint density at radius 3 is 2.36 bits per heavy atom. The van der Waals surface area contributed by atoms with Gasteiger partial charge in [0, 0.05) is 11.8 Å². The molecule has 1 unspecified atom stereocenters. The van der Waals surface area contributed by atoms with E-state index < -0.39 is 41.4 Å². The van der Waals surface area contributed by atoms with Crippen molar-refractivity contribution in [1.29, 1.82) is 0 Å². The second-order valence-corrected chi connectivity index (χ2v) is 11.9. The number of carbonyl (C=O) groups is 4. The predicted octanol–water partition coefficient (Wildman–Crippen LogP) is 4.00. The number of benzene rings is 2. The van der Waals surface area contributed by atoms with E-state index in [1.807, 2.05) is 50.2 Å². The fraction of sp³-hybridized carbons (Fsp3) is 0.394.